The lowest BCUT2D eigenvalue weighted by molar-refractivity contribution is -0.140. The molecule has 4 rings (SSSR count). The number of halogens is 2. The molecular formula is C27H23Cl2NO5. The van der Waals surface area contributed by atoms with Crippen LogP contribution in [0.25, 0.3) is 5.76 Å². The second-order valence-corrected chi connectivity index (χ2v) is 8.98. The minimum Gasteiger partial charge on any atom is -0.507 e. The van der Waals surface area contributed by atoms with Crippen LogP contribution in [0.2, 0.25) is 10.0 Å². The summed E-state index contributed by atoms with van der Waals surface area (Å²) in [6.45, 7) is 2.06. The molecule has 1 aliphatic rings. The van der Waals surface area contributed by atoms with Crippen LogP contribution in [0.4, 0.5) is 0 Å². The molecule has 6 nitrogen and oxygen atoms in total. The maximum absolute atomic E-state index is 13.3. The molecule has 1 amide bonds. The number of hydrogen-bond donors (Lipinski definition) is 1. The third kappa shape index (κ3) is 4.72. The molecule has 1 atom stereocenters. The van der Waals surface area contributed by atoms with Gasteiger partial charge in [-0.25, -0.2) is 0 Å². The van der Waals surface area contributed by atoms with Gasteiger partial charge in [0.1, 0.15) is 11.5 Å². The monoisotopic (exact) mass is 511 g/mol. The molecule has 3 aromatic rings. The van der Waals surface area contributed by atoms with Gasteiger partial charge in [-0.05, 0) is 42.3 Å². The van der Waals surface area contributed by atoms with Crippen molar-refractivity contribution in [1.29, 1.82) is 0 Å². The number of aliphatic hydroxyl groups is 1. The minimum absolute atomic E-state index is 0.0409. The summed E-state index contributed by atoms with van der Waals surface area (Å²) < 4.78 is 10.5. The lowest BCUT2D eigenvalue weighted by atomic mass is 9.94. The van der Waals surface area contributed by atoms with Crippen molar-refractivity contribution >= 4 is 40.7 Å². The summed E-state index contributed by atoms with van der Waals surface area (Å²) >= 11 is 12.5. The Hall–Kier alpha value is -3.48. The molecule has 0 aliphatic carbocycles. The predicted molar refractivity (Wildman–Crippen MR) is 135 cm³/mol. The molecule has 0 radical (unpaired) electrons. The van der Waals surface area contributed by atoms with Crippen LogP contribution < -0.4 is 9.47 Å². The zero-order chi connectivity index (χ0) is 25.3. The minimum atomic E-state index is -0.819. The second kappa shape index (κ2) is 10.0. The van der Waals surface area contributed by atoms with Crippen LogP contribution in [0.5, 0.6) is 11.5 Å². The summed E-state index contributed by atoms with van der Waals surface area (Å²) in [4.78, 5) is 28.0. The van der Waals surface area contributed by atoms with Crippen molar-refractivity contribution in [2.24, 2.45) is 0 Å². The van der Waals surface area contributed by atoms with Crippen LogP contribution in [0.15, 0.2) is 66.2 Å². The van der Waals surface area contributed by atoms with Gasteiger partial charge in [-0.2, -0.15) is 0 Å². The van der Waals surface area contributed by atoms with Gasteiger partial charge in [0.25, 0.3) is 11.7 Å². The van der Waals surface area contributed by atoms with Crippen LogP contribution in [0.1, 0.15) is 28.3 Å². The number of Topliss-reactive ketones (excluding diaryl/α,β-unsaturated/α-hetero) is 1. The van der Waals surface area contributed by atoms with E-state index < -0.39 is 17.7 Å². The molecular weight excluding hydrogens is 489 g/mol. The summed E-state index contributed by atoms with van der Waals surface area (Å²) in [5.41, 5.74) is 2.59. The largest absolute Gasteiger partial charge is 0.507 e. The van der Waals surface area contributed by atoms with E-state index in [1.54, 1.807) is 19.2 Å². The van der Waals surface area contributed by atoms with E-state index in [9.17, 15) is 14.7 Å². The maximum Gasteiger partial charge on any atom is 0.295 e. The Labute approximate surface area is 213 Å². The number of aliphatic hydroxyl groups excluding tert-OH is 1. The van der Waals surface area contributed by atoms with E-state index >= 15 is 0 Å². The number of amides is 1. The molecule has 1 N–H and O–H groups in total. The zero-order valence-electron chi connectivity index (χ0n) is 19.3. The van der Waals surface area contributed by atoms with Crippen molar-refractivity contribution in [2.45, 2.75) is 19.5 Å². The van der Waals surface area contributed by atoms with Crippen LogP contribution in [-0.2, 0) is 16.1 Å². The molecule has 35 heavy (non-hydrogen) atoms. The van der Waals surface area contributed by atoms with Crippen molar-refractivity contribution in [3.05, 3.63) is 98.5 Å². The Balaban J connectivity index is 1.88. The third-order valence-electron chi connectivity index (χ3n) is 5.86. The highest BCUT2D eigenvalue weighted by Crippen LogP contribution is 2.42. The standard InChI is InChI=1S/C27H23Cl2NO5/c1-15-6-4-8-17(10-15)23-22(24(31)18-12-20(28)26(35-3)21(29)13-18)25(32)27(33)30(23)14-16-7-5-9-19(11-16)34-2/h4-13,23,31H,14H2,1-3H3/b24-22+. The molecule has 0 aromatic heterocycles. The molecule has 1 saturated heterocycles. The van der Waals surface area contributed by atoms with E-state index in [0.29, 0.717) is 11.3 Å². The third-order valence-corrected chi connectivity index (χ3v) is 6.42. The number of ether oxygens (including phenoxy) is 2. The molecule has 0 spiro atoms. The Bertz CT molecular complexity index is 1330. The van der Waals surface area contributed by atoms with Crippen LogP contribution in [-0.4, -0.2) is 35.9 Å². The SMILES string of the molecule is COc1cccc(CN2C(=O)C(=O)/C(=C(/O)c3cc(Cl)c(OC)c(Cl)c3)C2c2cccc(C)c2)c1. The van der Waals surface area contributed by atoms with Crippen molar-refractivity contribution < 1.29 is 24.2 Å². The van der Waals surface area contributed by atoms with E-state index in [0.717, 1.165) is 11.1 Å². The summed E-state index contributed by atoms with van der Waals surface area (Å²) in [7, 11) is 2.98. The lowest BCUT2D eigenvalue weighted by Crippen LogP contribution is -2.29. The normalized spacial score (nSPS) is 17.1. The maximum atomic E-state index is 13.3. The van der Waals surface area contributed by atoms with Gasteiger partial charge in [0.15, 0.2) is 5.75 Å². The van der Waals surface area contributed by atoms with E-state index in [4.69, 9.17) is 32.7 Å². The number of benzene rings is 3. The number of hydrogen-bond acceptors (Lipinski definition) is 5. The first kappa shape index (κ1) is 24.6. The van der Waals surface area contributed by atoms with Gasteiger partial charge in [-0.3, -0.25) is 9.59 Å². The van der Waals surface area contributed by atoms with Crippen LogP contribution >= 0.6 is 23.2 Å². The number of ketones is 1. The first-order valence-electron chi connectivity index (χ1n) is 10.8. The molecule has 8 heteroatoms. The van der Waals surface area contributed by atoms with E-state index in [-0.39, 0.29) is 39.2 Å². The predicted octanol–water partition coefficient (Wildman–Crippen LogP) is 5.94. The first-order chi connectivity index (χ1) is 16.7. The number of likely N-dealkylation sites (tertiary alicyclic amines) is 1. The Kier molecular flexibility index (Phi) is 7.05. The highest BCUT2D eigenvalue weighted by atomic mass is 35.5. The summed E-state index contributed by atoms with van der Waals surface area (Å²) in [5.74, 6) is -0.992. The number of methoxy groups -OCH3 is 2. The quantitative estimate of drug-likeness (QED) is 0.251. The van der Waals surface area contributed by atoms with Gasteiger partial charge in [0.2, 0.25) is 0 Å². The van der Waals surface area contributed by atoms with Crippen molar-refractivity contribution in [1.82, 2.24) is 4.90 Å². The topological polar surface area (TPSA) is 76.1 Å². The van der Waals surface area contributed by atoms with Gasteiger partial charge < -0.3 is 19.5 Å². The number of rotatable bonds is 6. The summed E-state index contributed by atoms with van der Waals surface area (Å²) in [5, 5.41) is 11.6. The van der Waals surface area contributed by atoms with Crippen LogP contribution in [0.3, 0.4) is 0 Å². The van der Waals surface area contributed by atoms with Gasteiger partial charge in [-0.1, -0.05) is 65.2 Å². The molecule has 1 aliphatic heterocycles. The van der Waals surface area contributed by atoms with Gasteiger partial charge in [-0.15, -0.1) is 0 Å². The fraction of sp³-hybridized carbons (Fsp3) is 0.185. The molecule has 0 saturated carbocycles. The summed E-state index contributed by atoms with van der Waals surface area (Å²) in [6, 6.07) is 16.8. The summed E-state index contributed by atoms with van der Waals surface area (Å²) in [6.07, 6.45) is 0. The fourth-order valence-electron chi connectivity index (χ4n) is 4.24. The average Bonchev–Trinajstić information content (AvgIpc) is 3.08. The number of nitrogens with zero attached hydrogens (tertiary/aromatic N) is 1. The number of carbonyl (C=O) groups excluding carboxylic acids is 2. The van der Waals surface area contributed by atoms with Crippen molar-refractivity contribution in [3.63, 3.8) is 0 Å². The van der Waals surface area contributed by atoms with Gasteiger partial charge >= 0.3 is 0 Å². The molecule has 1 fully saturated rings. The first-order valence-corrected chi connectivity index (χ1v) is 11.5. The van der Waals surface area contributed by atoms with Gasteiger partial charge in [0, 0.05) is 12.1 Å². The van der Waals surface area contributed by atoms with E-state index in [1.807, 2.05) is 43.3 Å². The van der Waals surface area contributed by atoms with Crippen LogP contribution in [0, 0.1) is 6.92 Å². The highest BCUT2D eigenvalue weighted by Gasteiger charge is 2.46. The van der Waals surface area contributed by atoms with Crippen molar-refractivity contribution in [3.8, 4) is 11.5 Å². The van der Waals surface area contributed by atoms with Gasteiger partial charge in [0.05, 0.1) is 35.9 Å². The molecule has 1 unspecified atom stereocenters. The molecule has 1 heterocycles. The van der Waals surface area contributed by atoms with E-state index in [2.05, 4.69) is 0 Å². The molecule has 3 aromatic carbocycles. The number of carbonyl (C=O) groups is 2. The average molecular weight is 512 g/mol. The fourth-order valence-corrected chi connectivity index (χ4v) is 4.89. The molecule has 180 valence electrons. The number of aryl methyl sites for hydroxylation is 1. The Morgan fingerprint density at radius 3 is 2.29 bits per heavy atom. The second-order valence-electron chi connectivity index (χ2n) is 8.17. The van der Waals surface area contributed by atoms with Crippen molar-refractivity contribution in [2.75, 3.05) is 14.2 Å². The zero-order valence-corrected chi connectivity index (χ0v) is 20.9. The Morgan fingerprint density at radius 2 is 1.66 bits per heavy atom. The lowest BCUT2D eigenvalue weighted by Gasteiger charge is -2.26. The van der Waals surface area contributed by atoms with E-state index in [1.165, 1.54) is 24.1 Å². The Morgan fingerprint density at radius 1 is 0.971 bits per heavy atom. The highest BCUT2D eigenvalue weighted by molar-refractivity contribution is 6.46. The smallest absolute Gasteiger partial charge is 0.295 e. The molecule has 0 bridgehead atoms.